The van der Waals surface area contributed by atoms with Crippen molar-refractivity contribution in [2.75, 3.05) is 0 Å². The molecule has 0 unspecified atom stereocenters. The second kappa shape index (κ2) is 17.8. The molecule has 0 fully saturated rings. The Balaban J connectivity index is -0.0000000522. The number of carboxylic acid groups (broad SMARTS) is 3. The quantitative estimate of drug-likeness (QED) is 0.295. The van der Waals surface area contributed by atoms with Gasteiger partial charge in [0.15, 0.2) is 0 Å². The SMILES string of the molecule is CC(=O)[O-].CC(=O)[O-].N#CC(=O)[O-].[Bi+3]. The first-order chi connectivity index (χ1) is 5.73. The van der Waals surface area contributed by atoms with Gasteiger partial charge >= 0.3 is 26.2 Å². The van der Waals surface area contributed by atoms with Crippen LogP contribution in [0.1, 0.15) is 13.8 Å². The first-order valence-corrected chi connectivity index (χ1v) is 2.70. The molecule has 2 radical (unpaired) electrons. The number of carboxylic acids is 3. The molecule has 0 N–H and O–H groups in total. The predicted octanol–water partition coefficient (Wildman–Crippen LogP) is -4.61. The van der Waals surface area contributed by atoms with Gasteiger partial charge in [-0.15, -0.1) is 0 Å². The molecule has 0 spiro atoms. The summed E-state index contributed by atoms with van der Waals surface area (Å²) in [5.41, 5.74) is 0. The van der Waals surface area contributed by atoms with Crippen molar-refractivity contribution >= 4 is 44.1 Å². The molecule has 0 atom stereocenters. The summed E-state index contributed by atoms with van der Waals surface area (Å²) in [7, 11) is 0. The Morgan fingerprint density at radius 3 is 1.07 bits per heavy atom. The van der Waals surface area contributed by atoms with Crippen molar-refractivity contribution in [2.45, 2.75) is 13.8 Å². The molecule has 76 valence electrons. The molecule has 0 rings (SSSR count). The van der Waals surface area contributed by atoms with Gasteiger partial charge in [0, 0.05) is 11.9 Å². The number of aliphatic carboxylic acids is 3. The fourth-order valence-corrected chi connectivity index (χ4v) is 0. The molecule has 8 heteroatoms. The van der Waals surface area contributed by atoms with Crippen LogP contribution in [0.15, 0.2) is 0 Å². The van der Waals surface area contributed by atoms with E-state index in [1.807, 2.05) is 0 Å². The van der Waals surface area contributed by atoms with Crippen LogP contribution >= 0.6 is 0 Å². The van der Waals surface area contributed by atoms with Gasteiger partial charge in [0.1, 0.15) is 12.0 Å². The van der Waals surface area contributed by atoms with Gasteiger partial charge in [-0.3, -0.25) is 0 Å². The van der Waals surface area contributed by atoms with Gasteiger partial charge in [0.2, 0.25) is 0 Å². The van der Waals surface area contributed by atoms with E-state index >= 15 is 0 Å². The molecule has 0 amide bonds. The summed E-state index contributed by atoms with van der Waals surface area (Å²) < 4.78 is 0. The van der Waals surface area contributed by atoms with E-state index in [-0.39, 0.29) is 26.2 Å². The minimum atomic E-state index is -1.69. The zero-order valence-electron chi connectivity index (χ0n) is 7.34. The smallest absolute Gasteiger partial charge is 0.550 e. The summed E-state index contributed by atoms with van der Waals surface area (Å²) in [5.74, 6) is -3.86. The molecule has 0 saturated heterocycles. The number of carbonyl (C=O) groups is 3. The summed E-state index contributed by atoms with van der Waals surface area (Å²) in [6.45, 7) is 1.94. The van der Waals surface area contributed by atoms with Gasteiger partial charge < -0.3 is 29.7 Å². The fourth-order valence-electron chi connectivity index (χ4n) is 0. The Bertz CT molecular complexity index is 201. The van der Waals surface area contributed by atoms with Gasteiger partial charge in [-0.2, -0.15) is 5.26 Å². The Labute approximate surface area is 99.1 Å². The molecular weight excluding hydrogens is 391 g/mol. The Morgan fingerprint density at radius 2 is 1.07 bits per heavy atom. The largest absolute Gasteiger partial charge is 3.00 e. The van der Waals surface area contributed by atoms with Crippen molar-refractivity contribution in [3.05, 3.63) is 0 Å². The van der Waals surface area contributed by atoms with Gasteiger partial charge in [0.05, 0.1) is 0 Å². The van der Waals surface area contributed by atoms with Gasteiger partial charge in [-0.25, -0.2) is 0 Å². The number of nitrogens with zero attached hydrogens (tertiary/aromatic N) is 1. The van der Waals surface area contributed by atoms with Crippen LogP contribution in [0.4, 0.5) is 0 Å². The van der Waals surface area contributed by atoms with Gasteiger partial charge in [-0.1, -0.05) is 0 Å². The van der Waals surface area contributed by atoms with Crippen LogP contribution in [-0.2, 0) is 14.4 Å². The summed E-state index contributed by atoms with van der Waals surface area (Å²) in [6, 6.07) is 0.833. The molecule has 0 aliphatic carbocycles. The summed E-state index contributed by atoms with van der Waals surface area (Å²) in [5, 5.41) is 33.9. The predicted molar refractivity (Wildman–Crippen MR) is 37.7 cm³/mol. The third-order valence-corrected chi connectivity index (χ3v) is 0.0913. The second-order valence-electron chi connectivity index (χ2n) is 1.38. The van der Waals surface area contributed by atoms with Crippen LogP contribution in [0, 0.1) is 11.3 Å². The maximum Gasteiger partial charge on any atom is 3.00 e. The van der Waals surface area contributed by atoms with E-state index < -0.39 is 17.9 Å². The van der Waals surface area contributed by atoms with E-state index in [9.17, 15) is 0 Å². The van der Waals surface area contributed by atoms with E-state index in [0.717, 1.165) is 19.9 Å². The molecule has 0 aromatic carbocycles. The van der Waals surface area contributed by atoms with E-state index in [0.29, 0.717) is 0 Å². The van der Waals surface area contributed by atoms with E-state index in [1.54, 1.807) is 0 Å². The number of nitriles is 1. The molecular formula is C6H6BiNO6. The average Bonchev–Trinajstić information content (AvgIpc) is 1.84. The summed E-state index contributed by atoms with van der Waals surface area (Å²) >= 11 is 0. The van der Waals surface area contributed by atoms with Crippen molar-refractivity contribution < 1.29 is 29.7 Å². The molecule has 0 aliphatic heterocycles. The van der Waals surface area contributed by atoms with Crippen molar-refractivity contribution in [1.29, 1.82) is 5.26 Å². The normalized spacial score (nSPS) is 5.50. The zero-order valence-corrected chi connectivity index (χ0v) is 10.8. The number of hydrogen-bond acceptors (Lipinski definition) is 7. The fraction of sp³-hybridized carbons (Fsp3) is 0.333. The second-order valence-corrected chi connectivity index (χ2v) is 1.38. The Hall–Kier alpha value is -1.22. The van der Waals surface area contributed by atoms with Crippen LogP contribution < -0.4 is 15.3 Å². The summed E-state index contributed by atoms with van der Waals surface area (Å²) in [6.07, 6.45) is 0. The average molecular weight is 397 g/mol. The van der Waals surface area contributed by atoms with Crippen LogP contribution in [0.25, 0.3) is 0 Å². The van der Waals surface area contributed by atoms with Crippen LogP contribution in [0.2, 0.25) is 0 Å². The molecule has 0 saturated carbocycles. The minimum absolute atomic E-state index is 0. The van der Waals surface area contributed by atoms with Crippen molar-refractivity contribution in [1.82, 2.24) is 0 Å². The third-order valence-electron chi connectivity index (χ3n) is 0.0913. The minimum Gasteiger partial charge on any atom is -0.550 e. The van der Waals surface area contributed by atoms with Crippen LogP contribution in [-0.4, -0.2) is 44.1 Å². The zero-order chi connectivity index (χ0) is 11.4. The van der Waals surface area contributed by atoms with Crippen LogP contribution in [0.3, 0.4) is 0 Å². The van der Waals surface area contributed by atoms with Crippen LogP contribution in [0.5, 0.6) is 0 Å². The van der Waals surface area contributed by atoms with Gasteiger partial charge in [-0.05, 0) is 13.8 Å². The maximum absolute atomic E-state index is 8.90. The van der Waals surface area contributed by atoms with E-state index in [2.05, 4.69) is 0 Å². The van der Waals surface area contributed by atoms with Crippen molar-refractivity contribution in [3.8, 4) is 6.07 Å². The molecule has 0 aromatic rings. The van der Waals surface area contributed by atoms with Crippen molar-refractivity contribution in [2.24, 2.45) is 0 Å². The topological polar surface area (TPSA) is 144 Å². The Morgan fingerprint density at radius 1 is 1.00 bits per heavy atom. The number of rotatable bonds is 0. The van der Waals surface area contributed by atoms with Crippen molar-refractivity contribution in [3.63, 3.8) is 0 Å². The molecule has 14 heavy (non-hydrogen) atoms. The molecule has 7 nitrogen and oxygen atoms in total. The monoisotopic (exact) mass is 397 g/mol. The third kappa shape index (κ3) is 1680. The molecule has 0 aliphatic rings. The summed E-state index contributed by atoms with van der Waals surface area (Å²) in [4.78, 5) is 26.7. The number of carbonyl (C=O) groups excluding carboxylic acids is 3. The first kappa shape index (κ1) is 23.0. The maximum atomic E-state index is 8.90. The van der Waals surface area contributed by atoms with E-state index in [4.69, 9.17) is 35.0 Å². The standard InChI is InChI=1S/C2HNO2.2C2H4O2.Bi/c3-1-2(4)5;2*1-2(3)4;/h(H,4,5);2*1H3,(H,3,4);/q;;;+3/p-3. The van der Waals surface area contributed by atoms with E-state index in [1.165, 1.54) is 0 Å². The number of hydrogen-bond donors (Lipinski definition) is 0. The molecule has 0 bridgehead atoms. The van der Waals surface area contributed by atoms with Gasteiger partial charge in [0.25, 0.3) is 0 Å². The molecule has 0 aromatic heterocycles. The first-order valence-electron chi connectivity index (χ1n) is 2.70. The molecule has 0 heterocycles. The Kier molecular flexibility index (Phi) is 29.2.